The summed E-state index contributed by atoms with van der Waals surface area (Å²) >= 11 is 0. The minimum atomic E-state index is -4.76. The first-order valence-corrected chi connectivity index (χ1v) is 9.01. The summed E-state index contributed by atoms with van der Waals surface area (Å²) in [5.41, 5.74) is 0.133. The number of alkyl halides is 3. The summed E-state index contributed by atoms with van der Waals surface area (Å²) in [5.74, 6) is 0. The summed E-state index contributed by atoms with van der Waals surface area (Å²) < 4.78 is 45.3. The lowest BCUT2D eigenvalue weighted by Gasteiger charge is -2.43. The molecule has 2 saturated heterocycles. The normalized spacial score (nSPS) is 27.1. The maximum absolute atomic E-state index is 13.3. The Bertz CT molecular complexity index is 675. The lowest BCUT2D eigenvalue weighted by atomic mass is 10.0. The molecule has 0 radical (unpaired) electrons. The summed E-state index contributed by atoms with van der Waals surface area (Å²) in [6, 6.07) is 6.99. The standard InChI is InChI=1S/C19H25F3N2O3/c1-18(2,3)27-17(26)24-11-13-9-14(24)15(16(25)19(20,21)22)23(13)10-12-7-5-4-6-8-12/h4-8,13-16,25H,9-11H2,1-3H3/t13-,14-,15+,16-/m0/s1. The van der Waals surface area contributed by atoms with Gasteiger partial charge >= 0.3 is 12.3 Å². The van der Waals surface area contributed by atoms with E-state index in [0.29, 0.717) is 19.5 Å². The quantitative estimate of drug-likeness (QED) is 0.867. The van der Waals surface area contributed by atoms with E-state index in [0.717, 1.165) is 5.56 Å². The first-order valence-electron chi connectivity index (χ1n) is 9.01. The van der Waals surface area contributed by atoms with Gasteiger partial charge in [-0.05, 0) is 32.8 Å². The van der Waals surface area contributed by atoms with Gasteiger partial charge in [0.15, 0.2) is 6.10 Å². The van der Waals surface area contributed by atoms with Crippen LogP contribution in [-0.4, -0.2) is 63.6 Å². The molecule has 1 N–H and O–H groups in total. The van der Waals surface area contributed by atoms with Crippen LogP contribution in [0.4, 0.5) is 18.0 Å². The lowest BCUT2D eigenvalue weighted by Crippen LogP contribution is -2.61. The van der Waals surface area contributed by atoms with Crippen molar-refractivity contribution in [3.8, 4) is 0 Å². The van der Waals surface area contributed by atoms with Crippen molar-refractivity contribution in [1.29, 1.82) is 0 Å². The van der Waals surface area contributed by atoms with Gasteiger partial charge in [-0.25, -0.2) is 4.79 Å². The Balaban J connectivity index is 1.84. The van der Waals surface area contributed by atoms with E-state index >= 15 is 0 Å². The molecular formula is C19H25F3N2O3. The van der Waals surface area contributed by atoms with Crippen molar-refractivity contribution in [3.05, 3.63) is 35.9 Å². The molecule has 2 aliphatic rings. The second kappa shape index (κ2) is 6.98. The second-order valence-corrected chi connectivity index (χ2v) is 8.22. The SMILES string of the molecule is CC(C)(C)OC(=O)N1C[C@@H]2C[C@H]1[C@H]([C@H](O)C(F)(F)F)N2Cc1ccccc1. The van der Waals surface area contributed by atoms with Crippen molar-refractivity contribution in [2.24, 2.45) is 0 Å². The smallest absolute Gasteiger partial charge is 0.415 e. The van der Waals surface area contributed by atoms with Gasteiger partial charge in [0.05, 0.1) is 12.1 Å². The van der Waals surface area contributed by atoms with E-state index in [1.165, 1.54) is 4.90 Å². The highest BCUT2D eigenvalue weighted by Gasteiger charge is 2.59. The van der Waals surface area contributed by atoms with Crippen molar-refractivity contribution in [2.45, 2.75) is 69.7 Å². The largest absolute Gasteiger partial charge is 0.444 e. The number of fused-ring (bicyclic) bond motifs is 2. The van der Waals surface area contributed by atoms with Crippen molar-refractivity contribution in [3.63, 3.8) is 0 Å². The number of carbonyl (C=O) groups excluding carboxylic acids is 1. The van der Waals surface area contributed by atoms with Crippen molar-refractivity contribution < 1.29 is 27.8 Å². The van der Waals surface area contributed by atoms with Gasteiger partial charge in [-0.1, -0.05) is 30.3 Å². The van der Waals surface area contributed by atoms with E-state index in [9.17, 15) is 23.1 Å². The van der Waals surface area contributed by atoms with Crippen LogP contribution in [0.2, 0.25) is 0 Å². The van der Waals surface area contributed by atoms with Gasteiger partial charge in [-0.3, -0.25) is 4.90 Å². The van der Waals surface area contributed by atoms with Crippen LogP contribution in [0.3, 0.4) is 0 Å². The number of halogens is 3. The van der Waals surface area contributed by atoms with Gasteiger partial charge < -0.3 is 14.7 Å². The first-order chi connectivity index (χ1) is 12.5. The Labute approximate surface area is 156 Å². The number of nitrogens with zero attached hydrogens (tertiary/aromatic N) is 2. The van der Waals surface area contributed by atoms with Gasteiger partial charge in [0.2, 0.25) is 0 Å². The van der Waals surface area contributed by atoms with Gasteiger partial charge in [0, 0.05) is 19.1 Å². The fourth-order valence-corrected chi connectivity index (χ4v) is 4.02. The summed E-state index contributed by atoms with van der Waals surface area (Å²) in [6.07, 6.45) is -7.52. The van der Waals surface area contributed by atoms with Crippen LogP contribution in [0.1, 0.15) is 32.8 Å². The topological polar surface area (TPSA) is 53.0 Å². The molecule has 8 heteroatoms. The molecule has 2 bridgehead atoms. The van der Waals surface area contributed by atoms with E-state index in [2.05, 4.69) is 0 Å². The number of aliphatic hydroxyl groups is 1. The molecule has 3 rings (SSSR count). The molecular weight excluding hydrogens is 361 g/mol. The molecule has 0 spiro atoms. The average Bonchev–Trinajstić information content (AvgIpc) is 3.11. The molecule has 5 nitrogen and oxygen atoms in total. The minimum absolute atomic E-state index is 0.246. The zero-order valence-electron chi connectivity index (χ0n) is 15.6. The van der Waals surface area contributed by atoms with Crippen LogP contribution in [-0.2, 0) is 11.3 Å². The molecule has 4 atom stereocenters. The van der Waals surface area contributed by atoms with Crippen LogP contribution < -0.4 is 0 Å². The third kappa shape index (κ3) is 4.21. The zero-order valence-corrected chi connectivity index (χ0v) is 15.6. The third-order valence-corrected chi connectivity index (χ3v) is 5.06. The molecule has 2 fully saturated rings. The van der Waals surface area contributed by atoms with Gasteiger partial charge in [-0.2, -0.15) is 13.2 Å². The molecule has 0 aliphatic carbocycles. The van der Waals surface area contributed by atoms with E-state index in [1.807, 2.05) is 30.3 Å². The van der Waals surface area contributed by atoms with E-state index in [-0.39, 0.29) is 6.04 Å². The van der Waals surface area contributed by atoms with E-state index in [4.69, 9.17) is 4.74 Å². The predicted octanol–water partition coefficient (Wildman–Crippen LogP) is 3.17. The third-order valence-electron chi connectivity index (χ3n) is 5.06. The van der Waals surface area contributed by atoms with Crippen molar-refractivity contribution in [1.82, 2.24) is 9.80 Å². The lowest BCUT2D eigenvalue weighted by molar-refractivity contribution is -0.227. The van der Waals surface area contributed by atoms with Crippen LogP contribution >= 0.6 is 0 Å². The minimum Gasteiger partial charge on any atom is -0.444 e. The number of hydrogen-bond donors (Lipinski definition) is 1. The number of aliphatic hydroxyl groups excluding tert-OH is 1. The number of likely N-dealkylation sites (tertiary alicyclic amines) is 2. The molecule has 0 unspecified atom stereocenters. The maximum atomic E-state index is 13.3. The fraction of sp³-hybridized carbons (Fsp3) is 0.632. The number of ether oxygens (including phenoxy) is 1. The fourth-order valence-electron chi connectivity index (χ4n) is 4.02. The van der Waals surface area contributed by atoms with E-state index in [1.54, 1.807) is 25.7 Å². The Morgan fingerprint density at radius 2 is 1.89 bits per heavy atom. The summed E-state index contributed by atoms with van der Waals surface area (Å²) in [4.78, 5) is 15.5. The van der Waals surface area contributed by atoms with Gasteiger partial charge in [-0.15, -0.1) is 0 Å². The molecule has 27 heavy (non-hydrogen) atoms. The highest BCUT2D eigenvalue weighted by molar-refractivity contribution is 5.69. The molecule has 2 heterocycles. The summed E-state index contributed by atoms with van der Waals surface area (Å²) in [6.45, 7) is 5.73. The first kappa shape index (κ1) is 19.9. The monoisotopic (exact) mass is 386 g/mol. The predicted molar refractivity (Wildman–Crippen MR) is 93.0 cm³/mol. The van der Waals surface area contributed by atoms with E-state index < -0.39 is 36.1 Å². The number of carbonyl (C=O) groups is 1. The Hall–Kier alpha value is -1.80. The number of rotatable bonds is 3. The molecule has 1 aromatic rings. The molecule has 0 saturated carbocycles. The molecule has 1 aromatic carbocycles. The number of hydrogen-bond acceptors (Lipinski definition) is 4. The molecule has 2 aliphatic heterocycles. The Kier molecular flexibility index (Phi) is 5.16. The van der Waals surface area contributed by atoms with Crippen LogP contribution in [0, 0.1) is 0 Å². The maximum Gasteiger partial charge on any atom is 0.415 e. The Morgan fingerprint density at radius 1 is 1.26 bits per heavy atom. The van der Waals surface area contributed by atoms with Crippen molar-refractivity contribution >= 4 is 6.09 Å². The van der Waals surface area contributed by atoms with Crippen LogP contribution in [0.15, 0.2) is 30.3 Å². The van der Waals surface area contributed by atoms with Crippen LogP contribution in [0.5, 0.6) is 0 Å². The highest BCUT2D eigenvalue weighted by Crippen LogP contribution is 2.42. The van der Waals surface area contributed by atoms with Crippen LogP contribution in [0.25, 0.3) is 0 Å². The summed E-state index contributed by atoms with van der Waals surface area (Å²) in [7, 11) is 0. The summed E-state index contributed by atoms with van der Waals surface area (Å²) in [5, 5.41) is 10.0. The van der Waals surface area contributed by atoms with Gasteiger partial charge in [0.1, 0.15) is 5.60 Å². The number of benzene rings is 1. The highest BCUT2D eigenvalue weighted by atomic mass is 19.4. The van der Waals surface area contributed by atoms with Gasteiger partial charge in [0.25, 0.3) is 0 Å². The number of piperazine rings is 1. The second-order valence-electron chi connectivity index (χ2n) is 8.22. The molecule has 150 valence electrons. The average molecular weight is 386 g/mol. The molecule has 0 aromatic heterocycles. The van der Waals surface area contributed by atoms with Crippen molar-refractivity contribution in [2.75, 3.05) is 6.54 Å². The molecule has 1 amide bonds. The Morgan fingerprint density at radius 3 is 2.44 bits per heavy atom. The number of amides is 1. The zero-order chi connectivity index (χ0) is 20.0.